The van der Waals surface area contributed by atoms with Gasteiger partial charge in [0.25, 0.3) is 0 Å². The van der Waals surface area contributed by atoms with Gasteiger partial charge in [0, 0.05) is 36.7 Å². The van der Waals surface area contributed by atoms with Crippen LogP contribution in [0.25, 0.3) is 33.4 Å². The fourth-order valence-electron chi connectivity index (χ4n) is 5.65. The van der Waals surface area contributed by atoms with Crippen LogP contribution in [-0.4, -0.2) is 90.5 Å². The quantitative estimate of drug-likeness (QED) is 0.0410. The minimum atomic E-state index is -0.174. The first kappa shape index (κ1) is 49.5. The van der Waals surface area contributed by atoms with Gasteiger partial charge in [0.2, 0.25) is 16.5 Å². The number of Topliss-reactive ketones (excluding diaryl/α,β-unsaturated/α-hetero) is 1. The molecule has 0 bridgehead atoms. The molecule has 0 aromatic carbocycles. The molecule has 0 saturated carbocycles. The number of ketones is 1. The normalized spacial score (nSPS) is 11.0. The lowest BCUT2D eigenvalue weighted by atomic mass is 10.2. The number of hydrogen-bond donors (Lipinski definition) is 4. The molecule has 0 saturated heterocycles. The number of aromatic nitrogens is 16. The molecule has 21 nitrogen and oxygen atoms in total. The van der Waals surface area contributed by atoms with Crippen LogP contribution < -0.4 is 22.3 Å². The summed E-state index contributed by atoms with van der Waals surface area (Å²) in [4.78, 5) is 43.4. The third-order valence-electron chi connectivity index (χ3n) is 9.17. The number of carbonyl (C=O) groups excluding carboxylic acids is 1. The minimum Gasteiger partial charge on any atom is -0.397 e. The first-order valence-electron chi connectivity index (χ1n) is 20.1. The van der Waals surface area contributed by atoms with E-state index in [9.17, 15) is 4.79 Å². The van der Waals surface area contributed by atoms with Crippen molar-refractivity contribution in [2.24, 2.45) is 5.84 Å². The van der Waals surface area contributed by atoms with Gasteiger partial charge >= 0.3 is 0 Å². The molecule has 342 valence electrons. The monoisotopic (exact) mass is 944 g/mol. The highest BCUT2D eigenvalue weighted by Gasteiger charge is 2.15. The zero-order chi connectivity index (χ0) is 47.7. The average Bonchev–Trinajstić information content (AvgIpc) is 4.05. The second-order valence-corrected chi connectivity index (χ2v) is 16.3. The minimum absolute atomic E-state index is 0.0417. The van der Waals surface area contributed by atoms with Crippen molar-refractivity contribution in [1.29, 1.82) is 0 Å². The molecule has 24 heteroatoms. The summed E-state index contributed by atoms with van der Waals surface area (Å²) in [7, 11) is 0. The molecule has 65 heavy (non-hydrogen) atoms. The highest BCUT2D eigenvalue weighted by Crippen LogP contribution is 2.24. The van der Waals surface area contributed by atoms with E-state index < -0.39 is 0 Å². The highest BCUT2D eigenvalue weighted by atomic mass is 35.5. The number of pyridine rings is 2. The van der Waals surface area contributed by atoms with Gasteiger partial charge in [0.05, 0.1) is 51.5 Å². The summed E-state index contributed by atoms with van der Waals surface area (Å²) in [6.07, 6.45) is 11.5. The molecule has 0 atom stereocenters. The Bertz CT molecular complexity index is 3010. The number of hydrogen-bond acceptors (Lipinski definition) is 17. The van der Waals surface area contributed by atoms with Gasteiger partial charge < -0.3 is 11.1 Å². The number of anilines is 3. The Morgan fingerprint density at radius 2 is 1.17 bits per heavy atom. The van der Waals surface area contributed by atoms with Gasteiger partial charge in [-0.3, -0.25) is 16.1 Å². The topological polar surface area (TPSA) is 267 Å². The van der Waals surface area contributed by atoms with Crippen LogP contribution in [0.5, 0.6) is 0 Å². The van der Waals surface area contributed by atoms with Crippen molar-refractivity contribution in [3.8, 4) is 0 Å². The van der Waals surface area contributed by atoms with Gasteiger partial charge in [-0.1, -0.05) is 11.6 Å². The molecule has 9 rings (SSSR count). The van der Waals surface area contributed by atoms with Crippen LogP contribution in [0.3, 0.4) is 0 Å². The van der Waals surface area contributed by atoms with Crippen molar-refractivity contribution in [3.63, 3.8) is 0 Å². The molecular formula is C41H51Cl3N20O. The second-order valence-electron chi connectivity index (χ2n) is 15.3. The molecule has 0 aliphatic heterocycles. The van der Waals surface area contributed by atoms with Crippen molar-refractivity contribution >= 4 is 91.3 Å². The van der Waals surface area contributed by atoms with Crippen molar-refractivity contribution in [2.45, 2.75) is 94.3 Å². The number of nitrogens with two attached hydrogens (primary N) is 2. The van der Waals surface area contributed by atoms with Crippen LogP contribution in [0.2, 0.25) is 15.7 Å². The van der Waals surface area contributed by atoms with E-state index in [4.69, 9.17) is 46.4 Å². The highest BCUT2D eigenvalue weighted by molar-refractivity contribution is 6.34. The van der Waals surface area contributed by atoms with Crippen LogP contribution in [0.15, 0.2) is 55.8 Å². The number of carbonyl (C=O) groups is 1. The van der Waals surface area contributed by atoms with E-state index in [2.05, 4.69) is 98.7 Å². The SMILES string of the molecule is CC(=O)c1cnc(Cl)nc1Cl.CC(C)NN.Cc1cc2ncnn2cc1N.Cc1cc2ncnn2cc1Nc1ncc2c(C)nn(C(C)C)c2n1.Cc1nn(C(C)C)c2nc(Cl)ncc12. The van der Waals surface area contributed by atoms with Crippen molar-refractivity contribution in [1.82, 2.24) is 84.1 Å². The number of nitrogen functional groups attached to an aromatic ring is 1. The molecule has 0 amide bonds. The standard InChI is InChI=1S/C16H18N8.C9H11ClN4.C7H8N4.C6H4Cl2N2O.C3H10N2/c1-9(2)24-15-12(11(4)22-24)6-17-16(21-15)20-13-7-23-14(5-10(13)3)18-8-19-23;1-5(2)14-8-7(6(3)13-14)4-11-9(10)12-8;1-5-2-7-9-4-10-11(7)3-6(5)8;1-3(11)4-2-9-6(8)10-5(4)7;1-3(2)5-4/h5-9H,1-4H3,(H,17,20,21);4-5H,1-3H3;2-4H,8H2,1H3;2H,1H3;3,5H,4H2,1-2H3. The fourth-order valence-corrected chi connectivity index (χ4v) is 6.22. The maximum Gasteiger partial charge on any atom is 0.229 e. The fraction of sp³-hybridized carbons (Fsp3) is 0.341. The molecule has 9 aromatic heterocycles. The lowest BCUT2D eigenvalue weighted by molar-refractivity contribution is 0.101. The average molecular weight is 946 g/mol. The number of rotatable bonds is 6. The van der Waals surface area contributed by atoms with Crippen molar-refractivity contribution in [3.05, 3.63) is 99.6 Å². The Balaban J connectivity index is 0.000000166. The third kappa shape index (κ3) is 12.6. The van der Waals surface area contributed by atoms with E-state index >= 15 is 0 Å². The Labute approximate surface area is 389 Å². The second kappa shape index (κ2) is 21.9. The van der Waals surface area contributed by atoms with E-state index in [1.165, 1.54) is 25.8 Å². The zero-order valence-electron chi connectivity index (χ0n) is 37.8. The number of nitrogens with one attached hydrogen (secondary N) is 2. The summed E-state index contributed by atoms with van der Waals surface area (Å²) in [5.41, 5.74) is 17.3. The van der Waals surface area contributed by atoms with Crippen LogP contribution in [0.1, 0.15) is 93.4 Å². The molecular weight excluding hydrogens is 895 g/mol. The van der Waals surface area contributed by atoms with E-state index in [0.29, 0.717) is 12.0 Å². The molecule has 0 aliphatic rings. The lowest BCUT2D eigenvalue weighted by Crippen LogP contribution is -2.29. The number of hydrazine groups is 1. The molecule has 0 unspecified atom stereocenters. The van der Waals surface area contributed by atoms with Crippen LogP contribution in [-0.2, 0) is 0 Å². The molecule has 6 N–H and O–H groups in total. The Morgan fingerprint density at radius 1 is 0.677 bits per heavy atom. The Kier molecular flexibility index (Phi) is 16.7. The first-order valence-corrected chi connectivity index (χ1v) is 21.3. The summed E-state index contributed by atoms with van der Waals surface area (Å²) in [5, 5.41) is 22.6. The maximum absolute atomic E-state index is 10.8. The first-order chi connectivity index (χ1) is 30.8. The van der Waals surface area contributed by atoms with Gasteiger partial charge in [-0.2, -0.15) is 30.4 Å². The van der Waals surface area contributed by atoms with E-state index in [-0.39, 0.29) is 39.2 Å². The van der Waals surface area contributed by atoms with Gasteiger partial charge in [-0.15, -0.1) is 0 Å². The van der Waals surface area contributed by atoms with Crippen molar-refractivity contribution < 1.29 is 4.79 Å². The van der Waals surface area contributed by atoms with E-state index in [1.54, 1.807) is 21.4 Å². The van der Waals surface area contributed by atoms with Crippen LogP contribution in [0.4, 0.5) is 17.3 Å². The third-order valence-corrected chi connectivity index (χ3v) is 9.83. The van der Waals surface area contributed by atoms with E-state index in [1.807, 2.05) is 75.4 Å². The largest absolute Gasteiger partial charge is 0.397 e. The predicted octanol–water partition coefficient (Wildman–Crippen LogP) is 7.64. The number of fused-ring (bicyclic) bond motifs is 4. The van der Waals surface area contributed by atoms with Crippen LogP contribution in [0, 0.1) is 27.7 Å². The number of halogens is 3. The Morgan fingerprint density at radius 3 is 1.69 bits per heavy atom. The van der Waals surface area contributed by atoms with E-state index in [0.717, 1.165) is 67.3 Å². The molecule has 0 spiro atoms. The smallest absolute Gasteiger partial charge is 0.229 e. The molecule has 0 fully saturated rings. The lowest BCUT2D eigenvalue weighted by Gasteiger charge is -2.10. The molecule has 9 heterocycles. The van der Waals surface area contributed by atoms with Crippen LogP contribution >= 0.6 is 34.8 Å². The van der Waals surface area contributed by atoms with Gasteiger partial charge in [0.15, 0.2) is 28.4 Å². The van der Waals surface area contributed by atoms with Gasteiger partial charge in [-0.25, -0.2) is 48.3 Å². The summed E-state index contributed by atoms with van der Waals surface area (Å²) in [6, 6.07) is 4.79. The summed E-state index contributed by atoms with van der Waals surface area (Å²) >= 11 is 16.7. The van der Waals surface area contributed by atoms with Gasteiger partial charge in [0.1, 0.15) is 17.8 Å². The summed E-state index contributed by atoms with van der Waals surface area (Å²) in [6.45, 7) is 21.5. The van der Waals surface area contributed by atoms with Gasteiger partial charge in [-0.05, 0) is 123 Å². The summed E-state index contributed by atoms with van der Waals surface area (Å²) < 4.78 is 7.15. The predicted molar refractivity (Wildman–Crippen MR) is 254 cm³/mol. The molecule has 9 aromatic rings. The number of aryl methyl sites for hydroxylation is 4. The zero-order valence-corrected chi connectivity index (χ0v) is 40.0. The molecule has 0 radical (unpaired) electrons. The Hall–Kier alpha value is -6.52. The maximum atomic E-state index is 10.8. The molecule has 0 aliphatic carbocycles. The van der Waals surface area contributed by atoms with Crippen molar-refractivity contribution in [2.75, 3.05) is 11.1 Å². The summed E-state index contributed by atoms with van der Waals surface area (Å²) in [5.74, 6) is 5.28. The number of nitrogens with zero attached hydrogens (tertiary/aromatic N) is 16.